The first kappa shape index (κ1) is 19.9. The number of carbonyl (C=O) groups is 2. The van der Waals surface area contributed by atoms with Gasteiger partial charge in [0.2, 0.25) is 11.6 Å². The Labute approximate surface area is 149 Å². The molecule has 0 aliphatic heterocycles. The number of halogens is 1. The lowest BCUT2D eigenvalue weighted by Gasteiger charge is -2.16. The minimum Gasteiger partial charge on any atom is -0.467 e. The number of amides is 1. The fraction of sp³-hybridized carbons (Fsp3) is 0.267. The van der Waals surface area contributed by atoms with Crippen LogP contribution in [0.15, 0.2) is 23.3 Å². The largest absolute Gasteiger partial charge is 0.467 e. The number of benzene rings is 1. The summed E-state index contributed by atoms with van der Waals surface area (Å²) in [5.74, 6) is -1.46. The fourth-order valence-corrected chi connectivity index (χ4v) is 2.06. The van der Waals surface area contributed by atoms with Gasteiger partial charge in [0.05, 0.1) is 12.8 Å². The number of rotatable bonds is 7. The minimum atomic E-state index is -0.898. The molecule has 1 unspecified atom stereocenters. The van der Waals surface area contributed by atoms with Gasteiger partial charge in [-0.05, 0) is 23.8 Å². The summed E-state index contributed by atoms with van der Waals surface area (Å²) >= 11 is 6.13. The van der Waals surface area contributed by atoms with Crippen molar-refractivity contribution < 1.29 is 14.3 Å². The molecule has 132 valence electrons. The van der Waals surface area contributed by atoms with E-state index in [1.54, 1.807) is 24.3 Å². The first-order valence-corrected chi connectivity index (χ1v) is 7.37. The van der Waals surface area contributed by atoms with Gasteiger partial charge in [0.15, 0.2) is 5.84 Å². The molecule has 0 aromatic heterocycles. The third-order valence-electron chi connectivity index (χ3n) is 2.99. The number of carbonyl (C=O) groups excluding carboxylic acids is 2. The van der Waals surface area contributed by atoms with Crippen LogP contribution in [0.25, 0.3) is 0 Å². The lowest BCUT2D eigenvalue weighted by Crippen LogP contribution is -2.42. The Morgan fingerprint density at radius 1 is 1.52 bits per heavy atom. The number of anilines is 1. The summed E-state index contributed by atoms with van der Waals surface area (Å²) in [6, 6.07) is 5.54. The fourth-order valence-electron chi connectivity index (χ4n) is 1.87. The van der Waals surface area contributed by atoms with Crippen LogP contribution in [0.1, 0.15) is 12.5 Å². The van der Waals surface area contributed by atoms with Crippen LogP contribution in [0.4, 0.5) is 5.69 Å². The van der Waals surface area contributed by atoms with Gasteiger partial charge >= 0.3 is 5.97 Å². The molecule has 5 N–H and O–H groups in total. The smallest absolute Gasteiger partial charge is 0.328 e. The Kier molecular flexibility index (Phi) is 7.37. The molecule has 1 amide bonds. The van der Waals surface area contributed by atoms with Gasteiger partial charge in [-0.2, -0.15) is 10.4 Å². The lowest BCUT2D eigenvalue weighted by atomic mass is 10.0. The Morgan fingerprint density at radius 3 is 2.72 bits per heavy atom. The molecule has 0 aliphatic rings. The van der Waals surface area contributed by atoms with Crippen LogP contribution < -0.4 is 16.5 Å². The summed E-state index contributed by atoms with van der Waals surface area (Å²) < 4.78 is 4.67. The zero-order chi connectivity index (χ0) is 19.0. The van der Waals surface area contributed by atoms with Crippen molar-refractivity contribution in [3.8, 4) is 6.07 Å². The Bertz CT molecular complexity index is 756. The molecular weight excluding hydrogens is 348 g/mol. The van der Waals surface area contributed by atoms with E-state index in [-0.39, 0.29) is 18.0 Å². The third-order valence-corrected chi connectivity index (χ3v) is 3.36. The number of nitriles is 1. The van der Waals surface area contributed by atoms with Crippen molar-refractivity contribution in [2.45, 2.75) is 19.4 Å². The molecule has 1 atom stereocenters. The summed E-state index contributed by atoms with van der Waals surface area (Å²) in [5, 5.41) is 22.6. The topological polar surface area (TPSA) is 153 Å². The zero-order valence-electron chi connectivity index (χ0n) is 13.6. The van der Waals surface area contributed by atoms with Gasteiger partial charge in [0, 0.05) is 18.4 Å². The molecule has 0 bridgehead atoms. The van der Waals surface area contributed by atoms with Crippen LogP contribution in [0, 0.1) is 16.7 Å². The second-order valence-corrected chi connectivity index (χ2v) is 5.29. The second-order valence-electron chi connectivity index (χ2n) is 4.88. The summed E-state index contributed by atoms with van der Waals surface area (Å²) in [6.45, 7) is 1.29. The molecule has 1 aromatic carbocycles. The number of ether oxygens (including phenoxy) is 1. The quantitative estimate of drug-likeness (QED) is 0.243. The summed E-state index contributed by atoms with van der Waals surface area (Å²) in [4.78, 5) is 23.0. The van der Waals surface area contributed by atoms with E-state index in [1.165, 1.54) is 14.0 Å². The van der Waals surface area contributed by atoms with E-state index in [0.717, 1.165) is 0 Å². The van der Waals surface area contributed by atoms with Crippen molar-refractivity contribution in [1.82, 2.24) is 5.32 Å². The molecule has 1 rings (SSSR count). The maximum absolute atomic E-state index is 11.8. The standard InChI is InChI=1S/C15H17ClN6O3/c1-8(23)20-12(15(24)25-2)6-9-5-10(3-4-11(9)16)21-22-13(7-17)14(18)19/h3-5,12,21H,6H2,1-2H3,(H3,18,19)(H,20,23)/b22-13+. The van der Waals surface area contributed by atoms with E-state index in [1.807, 2.05) is 0 Å². The predicted octanol–water partition coefficient (Wildman–Crippen LogP) is 0.788. The summed E-state index contributed by atoms with van der Waals surface area (Å²) in [5.41, 5.74) is 8.52. The maximum Gasteiger partial charge on any atom is 0.328 e. The summed E-state index contributed by atoms with van der Waals surface area (Å²) in [7, 11) is 1.22. The van der Waals surface area contributed by atoms with E-state index < -0.39 is 17.8 Å². The van der Waals surface area contributed by atoms with Crippen LogP contribution in [-0.4, -0.2) is 36.6 Å². The second kappa shape index (κ2) is 9.24. The summed E-state index contributed by atoms with van der Waals surface area (Å²) in [6.07, 6.45) is 0.0993. The first-order valence-electron chi connectivity index (χ1n) is 7.00. The van der Waals surface area contributed by atoms with Crippen molar-refractivity contribution >= 4 is 40.7 Å². The van der Waals surface area contributed by atoms with Gasteiger partial charge < -0.3 is 15.8 Å². The Hall–Kier alpha value is -3.12. The van der Waals surface area contributed by atoms with Crippen molar-refractivity contribution in [2.75, 3.05) is 12.5 Å². The highest BCUT2D eigenvalue weighted by Crippen LogP contribution is 2.22. The molecular formula is C15H17ClN6O3. The SMILES string of the molecule is COC(=O)C(Cc1cc(N/N=C(\C#N)C(=N)N)ccc1Cl)NC(C)=O. The molecule has 0 heterocycles. The van der Waals surface area contributed by atoms with E-state index in [2.05, 4.69) is 20.6 Å². The van der Waals surface area contributed by atoms with E-state index in [4.69, 9.17) is 28.0 Å². The predicted molar refractivity (Wildman–Crippen MR) is 93.4 cm³/mol. The van der Waals surface area contributed by atoms with Crippen LogP contribution in [0.5, 0.6) is 0 Å². The van der Waals surface area contributed by atoms with Crippen molar-refractivity contribution in [2.24, 2.45) is 10.8 Å². The lowest BCUT2D eigenvalue weighted by molar-refractivity contribution is -0.144. The zero-order valence-corrected chi connectivity index (χ0v) is 14.3. The van der Waals surface area contributed by atoms with E-state index >= 15 is 0 Å². The highest BCUT2D eigenvalue weighted by molar-refractivity contribution is 6.45. The highest BCUT2D eigenvalue weighted by atomic mass is 35.5. The monoisotopic (exact) mass is 364 g/mol. The average molecular weight is 365 g/mol. The minimum absolute atomic E-state index is 0.0993. The Balaban J connectivity index is 3.04. The first-order chi connectivity index (χ1) is 11.8. The molecule has 10 heteroatoms. The van der Waals surface area contributed by atoms with E-state index in [0.29, 0.717) is 16.3 Å². The number of esters is 1. The van der Waals surface area contributed by atoms with Crippen LogP contribution in [0.2, 0.25) is 5.02 Å². The van der Waals surface area contributed by atoms with Gasteiger partial charge in [-0.15, -0.1) is 0 Å². The van der Waals surface area contributed by atoms with E-state index in [9.17, 15) is 9.59 Å². The number of amidine groups is 1. The van der Waals surface area contributed by atoms with Gasteiger partial charge in [-0.3, -0.25) is 15.6 Å². The maximum atomic E-state index is 11.8. The van der Waals surface area contributed by atoms with Crippen LogP contribution >= 0.6 is 11.6 Å². The van der Waals surface area contributed by atoms with Gasteiger partial charge in [0.25, 0.3) is 0 Å². The van der Waals surface area contributed by atoms with Crippen molar-refractivity contribution in [1.29, 1.82) is 10.7 Å². The molecule has 0 fully saturated rings. The average Bonchev–Trinajstić information content (AvgIpc) is 2.56. The van der Waals surface area contributed by atoms with Crippen LogP contribution in [-0.2, 0) is 20.7 Å². The molecule has 0 aliphatic carbocycles. The molecule has 0 saturated carbocycles. The molecule has 0 spiro atoms. The number of hydrogen-bond acceptors (Lipinski definition) is 7. The number of hydrogen-bond donors (Lipinski definition) is 4. The molecule has 0 saturated heterocycles. The number of hydrazone groups is 1. The number of methoxy groups -OCH3 is 1. The van der Waals surface area contributed by atoms with Gasteiger partial charge in [0.1, 0.15) is 12.1 Å². The third kappa shape index (κ3) is 6.12. The van der Waals surface area contributed by atoms with Gasteiger partial charge in [-0.25, -0.2) is 4.79 Å². The number of nitrogens with one attached hydrogen (secondary N) is 3. The van der Waals surface area contributed by atoms with Crippen molar-refractivity contribution in [3.63, 3.8) is 0 Å². The number of nitrogens with zero attached hydrogens (tertiary/aromatic N) is 2. The molecule has 9 nitrogen and oxygen atoms in total. The number of nitrogens with two attached hydrogens (primary N) is 1. The molecule has 25 heavy (non-hydrogen) atoms. The highest BCUT2D eigenvalue weighted by Gasteiger charge is 2.21. The normalized spacial score (nSPS) is 11.8. The Morgan fingerprint density at radius 2 is 2.20 bits per heavy atom. The molecule has 0 radical (unpaired) electrons. The van der Waals surface area contributed by atoms with Crippen molar-refractivity contribution in [3.05, 3.63) is 28.8 Å². The van der Waals surface area contributed by atoms with Gasteiger partial charge in [-0.1, -0.05) is 11.6 Å². The van der Waals surface area contributed by atoms with Crippen LogP contribution in [0.3, 0.4) is 0 Å². The molecule has 1 aromatic rings.